The van der Waals surface area contributed by atoms with Gasteiger partial charge in [0.2, 0.25) is 0 Å². The monoisotopic (exact) mass is 338 g/mol. The highest BCUT2D eigenvalue weighted by molar-refractivity contribution is 7.94. The molecule has 1 aromatic carbocycles. The number of rotatable bonds is 4. The predicted molar refractivity (Wildman–Crippen MR) is 88.8 cm³/mol. The molecular formula is C15H18N2O3S2. The number of nitrogens with one attached hydrogen (secondary N) is 2. The summed E-state index contributed by atoms with van der Waals surface area (Å²) in [6.07, 6.45) is 0. The molecule has 1 amide bonds. The summed E-state index contributed by atoms with van der Waals surface area (Å²) in [7, 11) is -3.56. The average Bonchev–Trinajstić information content (AvgIpc) is 2.91. The molecular weight excluding hydrogens is 320 g/mol. The van der Waals surface area contributed by atoms with Crippen molar-refractivity contribution in [1.82, 2.24) is 5.32 Å². The summed E-state index contributed by atoms with van der Waals surface area (Å²) in [6, 6.07) is 9.55. The van der Waals surface area contributed by atoms with Crippen molar-refractivity contribution in [3.8, 4) is 0 Å². The van der Waals surface area contributed by atoms with Gasteiger partial charge < -0.3 is 5.32 Å². The molecule has 0 saturated heterocycles. The van der Waals surface area contributed by atoms with Crippen LogP contribution in [0.4, 0.5) is 5.69 Å². The number of benzene rings is 1. The van der Waals surface area contributed by atoms with Crippen molar-refractivity contribution in [2.24, 2.45) is 0 Å². The summed E-state index contributed by atoms with van der Waals surface area (Å²) in [4.78, 5) is 12.0. The van der Waals surface area contributed by atoms with Crippen LogP contribution in [0.3, 0.4) is 0 Å². The third-order valence-electron chi connectivity index (χ3n) is 2.65. The quantitative estimate of drug-likeness (QED) is 0.899. The second-order valence-electron chi connectivity index (χ2n) is 5.82. The molecule has 22 heavy (non-hydrogen) atoms. The highest BCUT2D eigenvalue weighted by Crippen LogP contribution is 2.20. The molecule has 2 aromatic rings. The minimum atomic E-state index is -3.56. The first-order valence-corrected chi connectivity index (χ1v) is 9.03. The topological polar surface area (TPSA) is 75.3 Å². The van der Waals surface area contributed by atoms with Gasteiger partial charge in [0.25, 0.3) is 15.9 Å². The lowest BCUT2D eigenvalue weighted by Crippen LogP contribution is -2.40. The van der Waals surface area contributed by atoms with E-state index in [0.29, 0.717) is 11.3 Å². The van der Waals surface area contributed by atoms with E-state index in [2.05, 4.69) is 10.0 Å². The van der Waals surface area contributed by atoms with Crippen molar-refractivity contribution in [2.45, 2.75) is 30.5 Å². The van der Waals surface area contributed by atoms with Crippen LogP contribution in [0.5, 0.6) is 0 Å². The fraction of sp³-hybridized carbons (Fsp3) is 0.267. The Morgan fingerprint density at radius 1 is 1.09 bits per heavy atom. The highest BCUT2D eigenvalue weighted by atomic mass is 32.2. The van der Waals surface area contributed by atoms with Crippen LogP contribution in [0, 0.1) is 0 Å². The second kappa shape index (κ2) is 6.10. The van der Waals surface area contributed by atoms with Crippen molar-refractivity contribution in [2.75, 3.05) is 4.72 Å². The maximum atomic E-state index is 12.1. The Morgan fingerprint density at radius 2 is 1.73 bits per heavy atom. The molecule has 2 N–H and O–H groups in total. The Morgan fingerprint density at radius 3 is 2.23 bits per heavy atom. The molecule has 7 heteroatoms. The number of anilines is 1. The van der Waals surface area contributed by atoms with E-state index in [4.69, 9.17) is 0 Å². The maximum absolute atomic E-state index is 12.1. The van der Waals surface area contributed by atoms with Crippen LogP contribution in [0.25, 0.3) is 0 Å². The van der Waals surface area contributed by atoms with Gasteiger partial charge in [-0.2, -0.15) is 0 Å². The van der Waals surface area contributed by atoms with E-state index >= 15 is 0 Å². The van der Waals surface area contributed by atoms with E-state index in [1.807, 2.05) is 20.8 Å². The Hall–Kier alpha value is -1.86. The van der Waals surface area contributed by atoms with Crippen LogP contribution in [0.2, 0.25) is 0 Å². The molecule has 0 atom stereocenters. The molecule has 1 heterocycles. The first-order chi connectivity index (χ1) is 10.2. The number of carbonyl (C=O) groups is 1. The van der Waals surface area contributed by atoms with Crippen LogP contribution in [0.1, 0.15) is 31.1 Å². The number of sulfonamides is 1. The van der Waals surface area contributed by atoms with E-state index < -0.39 is 10.0 Å². The first-order valence-electron chi connectivity index (χ1n) is 6.66. The largest absolute Gasteiger partial charge is 0.347 e. The average molecular weight is 338 g/mol. The van der Waals surface area contributed by atoms with Crippen LogP contribution in [0.15, 0.2) is 46.0 Å². The van der Waals surface area contributed by atoms with Gasteiger partial charge in [-0.05, 0) is 56.5 Å². The van der Waals surface area contributed by atoms with Crippen molar-refractivity contribution in [3.63, 3.8) is 0 Å². The molecule has 0 aliphatic heterocycles. The van der Waals surface area contributed by atoms with Crippen LogP contribution >= 0.6 is 11.3 Å². The lowest BCUT2D eigenvalue weighted by molar-refractivity contribution is 0.0919. The van der Waals surface area contributed by atoms with Gasteiger partial charge in [0.15, 0.2) is 0 Å². The van der Waals surface area contributed by atoms with Gasteiger partial charge in [-0.15, -0.1) is 11.3 Å². The smallest absolute Gasteiger partial charge is 0.271 e. The zero-order valence-electron chi connectivity index (χ0n) is 12.6. The molecule has 0 radical (unpaired) electrons. The number of carbonyl (C=O) groups excluding carboxylic acids is 1. The molecule has 0 fully saturated rings. The second-order valence-corrected chi connectivity index (χ2v) is 8.68. The molecule has 0 aliphatic carbocycles. The van der Waals surface area contributed by atoms with Crippen molar-refractivity contribution in [1.29, 1.82) is 0 Å². The first kappa shape index (κ1) is 16.5. The molecule has 5 nitrogen and oxygen atoms in total. The fourth-order valence-corrected chi connectivity index (χ4v) is 3.78. The van der Waals surface area contributed by atoms with Gasteiger partial charge in [-0.1, -0.05) is 6.07 Å². The Kier molecular flexibility index (Phi) is 4.58. The molecule has 0 unspecified atom stereocenters. The predicted octanol–water partition coefficient (Wildman–Crippen LogP) is 3.08. The van der Waals surface area contributed by atoms with Crippen molar-refractivity contribution in [3.05, 3.63) is 47.3 Å². The number of hydrogen-bond donors (Lipinski definition) is 2. The number of thiophene rings is 1. The molecule has 0 spiro atoms. The Bertz CT molecular complexity index is 743. The van der Waals surface area contributed by atoms with Crippen LogP contribution in [-0.2, 0) is 10.0 Å². The zero-order chi connectivity index (χ0) is 16.4. The van der Waals surface area contributed by atoms with Crippen LogP contribution < -0.4 is 10.0 Å². The summed E-state index contributed by atoms with van der Waals surface area (Å²) in [5, 5.41) is 4.55. The van der Waals surface area contributed by atoms with Crippen LogP contribution in [-0.4, -0.2) is 19.9 Å². The minimum absolute atomic E-state index is 0.194. The van der Waals surface area contributed by atoms with Gasteiger partial charge >= 0.3 is 0 Å². The summed E-state index contributed by atoms with van der Waals surface area (Å²) in [5.74, 6) is -0.194. The Labute approximate surface area is 134 Å². The third-order valence-corrected chi connectivity index (χ3v) is 5.43. The van der Waals surface area contributed by atoms with Gasteiger partial charge in [0, 0.05) is 16.8 Å². The van der Waals surface area contributed by atoms with E-state index in [1.165, 1.54) is 6.07 Å². The van der Waals surface area contributed by atoms with E-state index in [-0.39, 0.29) is 15.7 Å². The Balaban J connectivity index is 2.11. The zero-order valence-corrected chi connectivity index (χ0v) is 14.2. The molecule has 118 valence electrons. The standard InChI is InChI=1S/C15H18N2O3S2/c1-15(2,3)16-14(18)11-6-8-12(9-7-11)17-22(19,20)13-5-4-10-21-13/h4-10,17H,1-3H3,(H,16,18). The number of amides is 1. The fourth-order valence-electron chi connectivity index (χ4n) is 1.72. The number of hydrogen-bond acceptors (Lipinski definition) is 4. The summed E-state index contributed by atoms with van der Waals surface area (Å²) < 4.78 is 26.9. The lowest BCUT2D eigenvalue weighted by Gasteiger charge is -2.20. The molecule has 1 aromatic heterocycles. The van der Waals surface area contributed by atoms with Gasteiger partial charge in [-0.3, -0.25) is 9.52 Å². The van der Waals surface area contributed by atoms with E-state index in [0.717, 1.165) is 11.3 Å². The lowest BCUT2D eigenvalue weighted by atomic mass is 10.1. The summed E-state index contributed by atoms with van der Waals surface area (Å²) in [5.41, 5.74) is 0.575. The van der Waals surface area contributed by atoms with E-state index in [1.54, 1.807) is 35.7 Å². The summed E-state index contributed by atoms with van der Waals surface area (Å²) in [6.45, 7) is 5.69. The molecule has 0 aliphatic rings. The summed E-state index contributed by atoms with van der Waals surface area (Å²) >= 11 is 1.15. The van der Waals surface area contributed by atoms with E-state index in [9.17, 15) is 13.2 Å². The molecule has 2 rings (SSSR count). The van der Waals surface area contributed by atoms with Gasteiger partial charge in [0.1, 0.15) is 4.21 Å². The molecule has 0 saturated carbocycles. The third kappa shape index (κ3) is 4.32. The van der Waals surface area contributed by atoms with Gasteiger partial charge in [-0.25, -0.2) is 8.42 Å². The van der Waals surface area contributed by atoms with Crippen molar-refractivity contribution < 1.29 is 13.2 Å². The SMILES string of the molecule is CC(C)(C)NC(=O)c1ccc(NS(=O)(=O)c2cccs2)cc1. The molecule has 0 bridgehead atoms. The normalized spacial score (nSPS) is 12.0. The van der Waals surface area contributed by atoms with Gasteiger partial charge in [0.05, 0.1) is 0 Å². The highest BCUT2D eigenvalue weighted by Gasteiger charge is 2.17. The van der Waals surface area contributed by atoms with Crippen molar-refractivity contribution >= 4 is 33.0 Å². The minimum Gasteiger partial charge on any atom is -0.347 e. The maximum Gasteiger partial charge on any atom is 0.271 e.